The highest BCUT2D eigenvalue weighted by Crippen LogP contribution is 2.21. The van der Waals surface area contributed by atoms with Crippen molar-refractivity contribution >= 4 is 34.8 Å². The Balaban J connectivity index is 1.89. The van der Waals surface area contributed by atoms with E-state index in [2.05, 4.69) is 5.32 Å². The van der Waals surface area contributed by atoms with Crippen LogP contribution in [0.15, 0.2) is 41.8 Å². The van der Waals surface area contributed by atoms with Gasteiger partial charge < -0.3 is 20.1 Å². The van der Waals surface area contributed by atoms with Crippen molar-refractivity contribution in [3.05, 3.63) is 46.7 Å². The second kappa shape index (κ2) is 8.11. The van der Waals surface area contributed by atoms with Crippen molar-refractivity contribution in [3.8, 4) is 5.75 Å². The molecule has 1 heterocycles. The summed E-state index contributed by atoms with van der Waals surface area (Å²) in [5.74, 6) is -1.30. The van der Waals surface area contributed by atoms with E-state index in [4.69, 9.17) is 9.84 Å². The number of carboxylic acid groups (broad SMARTS) is 1. The molecule has 0 aliphatic carbocycles. The number of thiophene rings is 1. The van der Waals surface area contributed by atoms with Gasteiger partial charge in [0, 0.05) is 12.7 Å². The first-order chi connectivity index (χ1) is 11.5. The van der Waals surface area contributed by atoms with Crippen LogP contribution in [0.2, 0.25) is 0 Å². The molecule has 0 saturated heterocycles. The first-order valence-corrected chi connectivity index (χ1v) is 7.88. The smallest absolute Gasteiger partial charge is 0.322 e. The zero-order valence-corrected chi connectivity index (χ0v) is 13.7. The predicted molar refractivity (Wildman–Crippen MR) is 89.6 cm³/mol. The van der Waals surface area contributed by atoms with Gasteiger partial charge in [-0.1, -0.05) is 6.07 Å². The molecule has 0 aliphatic rings. The number of anilines is 1. The molecule has 2 rings (SSSR count). The minimum absolute atomic E-state index is 0.105. The summed E-state index contributed by atoms with van der Waals surface area (Å²) in [5, 5.41) is 12.5. The van der Waals surface area contributed by atoms with Gasteiger partial charge in [-0.2, -0.15) is 0 Å². The Hall–Kier alpha value is -2.87. The molecule has 0 aliphatic heterocycles. The van der Waals surface area contributed by atoms with Crippen LogP contribution in [0, 0.1) is 0 Å². The molecule has 0 atom stereocenters. The van der Waals surface area contributed by atoms with E-state index in [1.165, 1.54) is 16.2 Å². The fourth-order valence-electron chi connectivity index (χ4n) is 1.82. The van der Waals surface area contributed by atoms with Crippen LogP contribution in [0.3, 0.4) is 0 Å². The summed E-state index contributed by atoms with van der Waals surface area (Å²) in [6.07, 6.45) is 0. The molecule has 0 unspecified atom stereocenters. The third kappa shape index (κ3) is 4.82. The lowest BCUT2D eigenvalue weighted by atomic mass is 10.2. The Bertz CT molecular complexity index is 713. The summed E-state index contributed by atoms with van der Waals surface area (Å²) in [7, 11) is 1.68. The maximum atomic E-state index is 12.2. The van der Waals surface area contributed by atoms with Crippen molar-refractivity contribution in [2.24, 2.45) is 0 Å². The van der Waals surface area contributed by atoms with E-state index in [1.54, 1.807) is 37.4 Å². The number of carbonyl (C=O) groups is 3. The highest BCUT2D eigenvalue weighted by Gasteiger charge is 2.14. The third-order valence-corrected chi connectivity index (χ3v) is 3.93. The van der Waals surface area contributed by atoms with Crippen LogP contribution in [-0.2, 0) is 9.59 Å². The van der Waals surface area contributed by atoms with E-state index in [1.807, 2.05) is 11.4 Å². The van der Waals surface area contributed by atoms with Gasteiger partial charge in [-0.05, 0) is 35.7 Å². The number of carboxylic acids is 1. The summed E-state index contributed by atoms with van der Waals surface area (Å²) in [5.41, 5.74) is 0.691. The van der Waals surface area contributed by atoms with Gasteiger partial charge in [0.1, 0.15) is 12.3 Å². The number of hydrogen-bond acceptors (Lipinski definition) is 5. The number of nitrogens with one attached hydrogen (secondary N) is 1. The number of carbonyl (C=O) groups excluding carboxylic acids is 2. The molecular weight excluding hydrogens is 332 g/mol. The highest BCUT2D eigenvalue weighted by molar-refractivity contribution is 7.12. The molecular formula is C16H16N2O5S. The summed E-state index contributed by atoms with van der Waals surface area (Å²) in [6.45, 7) is -0.729. The standard InChI is InChI=1S/C16H16N2O5S/c1-18(16(22)13-3-2-8-24-13)11-4-6-12(7-5-11)23-10-14(19)17-9-15(20)21/h2-8H,9-10H2,1H3,(H,17,19)(H,20,21). The molecule has 0 radical (unpaired) electrons. The molecule has 0 saturated carbocycles. The van der Waals surface area contributed by atoms with Crippen LogP contribution in [-0.4, -0.2) is 43.1 Å². The lowest BCUT2D eigenvalue weighted by Crippen LogP contribution is -2.33. The Morgan fingerprint density at radius 1 is 1.21 bits per heavy atom. The molecule has 2 aromatic rings. The monoisotopic (exact) mass is 348 g/mol. The fourth-order valence-corrected chi connectivity index (χ4v) is 2.52. The number of aliphatic carboxylic acids is 1. The number of benzene rings is 1. The van der Waals surface area contributed by atoms with Crippen molar-refractivity contribution in [1.82, 2.24) is 5.32 Å². The van der Waals surface area contributed by atoms with Crippen LogP contribution in [0.5, 0.6) is 5.75 Å². The zero-order chi connectivity index (χ0) is 17.5. The minimum atomic E-state index is -1.12. The zero-order valence-electron chi connectivity index (χ0n) is 12.9. The second-order valence-corrected chi connectivity index (χ2v) is 5.74. The Morgan fingerprint density at radius 2 is 1.92 bits per heavy atom. The van der Waals surface area contributed by atoms with Gasteiger partial charge in [0.15, 0.2) is 6.61 Å². The lowest BCUT2D eigenvalue weighted by molar-refractivity contribution is -0.138. The number of rotatable bonds is 7. The van der Waals surface area contributed by atoms with Gasteiger partial charge in [0.2, 0.25) is 0 Å². The van der Waals surface area contributed by atoms with Crippen LogP contribution in [0.4, 0.5) is 5.69 Å². The van der Waals surface area contributed by atoms with Crippen LogP contribution < -0.4 is 15.0 Å². The number of ether oxygens (including phenoxy) is 1. The predicted octanol–water partition coefficient (Wildman–Crippen LogP) is 1.60. The lowest BCUT2D eigenvalue weighted by Gasteiger charge is -2.17. The van der Waals surface area contributed by atoms with Crippen molar-refractivity contribution in [2.75, 3.05) is 25.1 Å². The molecule has 2 amide bonds. The quantitative estimate of drug-likeness (QED) is 0.792. The van der Waals surface area contributed by atoms with E-state index in [9.17, 15) is 14.4 Å². The molecule has 24 heavy (non-hydrogen) atoms. The number of amides is 2. The van der Waals surface area contributed by atoms with Gasteiger partial charge >= 0.3 is 5.97 Å². The average molecular weight is 348 g/mol. The first-order valence-electron chi connectivity index (χ1n) is 7.00. The van der Waals surface area contributed by atoms with E-state index >= 15 is 0 Å². The molecule has 0 spiro atoms. The molecule has 7 nitrogen and oxygen atoms in total. The molecule has 0 fully saturated rings. The summed E-state index contributed by atoms with van der Waals surface area (Å²) in [6, 6.07) is 10.3. The highest BCUT2D eigenvalue weighted by atomic mass is 32.1. The average Bonchev–Trinajstić information content (AvgIpc) is 3.11. The minimum Gasteiger partial charge on any atom is -0.484 e. The number of hydrogen-bond donors (Lipinski definition) is 2. The van der Waals surface area contributed by atoms with Crippen LogP contribution in [0.1, 0.15) is 9.67 Å². The maximum Gasteiger partial charge on any atom is 0.322 e. The molecule has 2 N–H and O–H groups in total. The Morgan fingerprint density at radius 3 is 2.50 bits per heavy atom. The normalized spacial score (nSPS) is 10.0. The van der Waals surface area contributed by atoms with Crippen molar-refractivity contribution in [2.45, 2.75) is 0 Å². The van der Waals surface area contributed by atoms with Gasteiger partial charge in [-0.3, -0.25) is 14.4 Å². The van der Waals surface area contributed by atoms with E-state index < -0.39 is 18.4 Å². The van der Waals surface area contributed by atoms with Gasteiger partial charge in [0.25, 0.3) is 11.8 Å². The molecule has 126 valence electrons. The Kier molecular flexibility index (Phi) is 5.91. The van der Waals surface area contributed by atoms with Crippen molar-refractivity contribution in [1.29, 1.82) is 0 Å². The molecule has 0 bridgehead atoms. The van der Waals surface area contributed by atoms with Crippen molar-refractivity contribution < 1.29 is 24.2 Å². The SMILES string of the molecule is CN(C(=O)c1cccs1)c1ccc(OCC(=O)NCC(=O)O)cc1. The summed E-state index contributed by atoms with van der Waals surface area (Å²) < 4.78 is 5.26. The summed E-state index contributed by atoms with van der Waals surface area (Å²) in [4.78, 5) is 36.1. The van der Waals surface area contributed by atoms with E-state index in [-0.39, 0.29) is 12.5 Å². The Labute approximate surface area is 142 Å². The molecule has 1 aromatic heterocycles. The first kappa shape index (κ1) is 17.5. The van der Waals surface area contributed by atoms with E-state index in [0.717, 1.165) is 0 Å². The topological polar surface area (TPSA) is 95.9 Å². The van der Waals surface area contributed by atoms with Gasteiger partial charge in [0.05, 0.1) is 4.88 Å². The van der Waals surface area contributed by atoms with Crippen LogP contribution >= 0.6 is 11.3 Å². The van der Waals surface area contributed by atoms with Crippen LogP contribution in [0.25, 0.3) is 0 Å². The second-order valence-electron chi connectivity index (χ2n) is 4.79. The fraction of sp³-hybridized carbons (Fsp3) is 0.188. The molecule has 8 heteroatoms. The van der Waals surface area contributed by atoms with Gasteiger partial charge in [-0.15, -0.1) is 11.3 Å². The largest absolute Gasteiger partial charge is 0.484 e. The maximum absolute atomic E-state index is 12.2. The number of nitrogens with zero attached hydrogens (tertiary/aromatic N) is 1. The third-order valence-electron chi connectivity index (χ3n) is 3.07. The summed E-state index contributed by atoms with van der Waals surface area (Å²) >= 11 is 1.37. The van der Waals surface area contributed by atoms with Crippen molar-refractivity contribution in [3.63, 3.8) is 0 Å². The molecule has 1 aromatic carbocycles. The van der Waals surface area contributed by atoms with E-state index in [0.29, 0.717) is 16.3 Å². The van der Waals surface area contributed by atoms with Gasteiger partial charge in [-0.25, -0.2) is 0 Å².